The Balaban J connectivity index is 3.59. The molecule has 190 valence electrons. The summed E-state index contributed by atoms with van der Waals surface area (Å²) < 4.78 is 21.4. The van der Waals surface area contributed by atoms with Crippen molar-refractivity contribution in [2.24, 2.45) is 0 Å². The standard InChI is InChI=1S/C24H48N2O6/c1-21(2)31-19-29-17-11-15-25(5)23(27)13-9-7-8-10-14-24(28)26(6)16-12-18-30-20-32-22(3)4/h21-22H,7-20H2,1-6H3. The molecule has 8 heteroatoms. The minimum Gasteiger partial charge on any atom is -0.355 e. The van der Waals surface area contributed by atoms with Gasteiger partial charge in [-0.25, -0.2) is 0 Å². The van der Waals surface area contributed by atoms with Gasteiger partial charge in [0.25, 0.3) is 0 Å². The molecule has 0 radical (unpaired) electrons. The number of hydrogen-bond acceptors (Lipinski definition) is 6. The van der Waals surface area contributed by atoms with Gasteiger partial charge in [-0.15, -0.1) is 0 Å². The summed E-state index contributed by atoms with van der Waals surface area (Å²) in [6, 6.07) is 0. The molecule has 0 aromatic heterocycles. The van der Waals surface area contributed by atoms with Crippen LogP contribution in [-0.4, -0.2) is 87.8 Å². The fraction of sp³-hybridized carbons (Fsp3) is 0.917. The number of nitrogens with zero attached hydrogens (tertiary/aromatic N) is 2. The molecule has 0 aliphatic carbocycles. The molecule has 0 aromatic carbocycles. The van der Waals surface area contributed by atoms with E-state index in [0.717, 1.165) is 38.5 Å². The summed E-state index contributed by atoms with van der Waals surface area (Å²) in [5.41, 5.74) is 0. The van der Waals surface area contributed by atoms with Crippen molar-refractivity contribution in [3.63, 3.8) is 0 Å². The van der Waals surface area contributed by atoms with Crippen molar-refractivity contribution < 1.29 is 28.5 Å². The maximum Gasteiger partial charge on any atom is 0.222 e. The summed E-state index contributed by atoms with van der Waals surface area (Å²) in [6.45, 7) is 11.0. The zero-order valence-electron chi connectivity index (χ0n) is 21.4. The lowest BCUT2D eigenvalue weighted by atomic mass is 10.1. The van der Waals surface area contributed by atoms with Gasteiger partial charge in [-0.2, -0.15) is 0 Å². The molecule has 0 spiro atoms. The molecule has 0 saturated carbocycles. The summed E-state index contributed by atoms with van der Waals surface area (Å²) in [6.07, 6.45) is 6.71. The van der Waals surface area contributed by atoms with Crippen molar-refractivity contribution >= 4 is 11.8 Å². The van der Waals surface area contributed by atoms with E-state index in [-0.39, 0.29) is 24.0 Å². The Morgan fingerprint density at radius 2 is 1.00 bits per heavy atom. The minimum absolute atomic E-state index is 0.165. The van der Waals surface area contributed by atoms with E-state index in [4.69, 9.17) is 18.9 Å². The number of carbonyl (C=O) groups is 2. The molecule has 8 nitrogen and oxygen atoms in total. The van der Waals surface area contributed by atoms with Gasteiger partial charge in [-0.1, -0.05) is 12.8 Å². The van der Waals surface area contributed by atoms with Gasteiger partial charge in [0, 0.05) is 40.0 Å². The van der Waals surface area contributed by atoms with E-state index < -0.39 is 0 Å². The number of hydrogen-bond donors (Lipinski definition) is 0. The summed E-state index contributed by atoms with van der Waals surface area (Å²) in [4.78, 5) is 27.9. The number of rotatable bonds is 21. The third-order valence-corrected chi connectivity index (χ3v) is 4.92. The van der Waals surface area contributed by atoms with Crippen LogP contribution in [-0.2, 0) is 28.5 Å². The Bertz CT molecular complexity index is 431. The third kappa shape index (κ3) is 19.5. The first-order valence-corrected chi connectivity index (χ1v) is 12.1. The smallest absolute Gasteiger partial charge is 0.222 e. The quantitative estimate of drug-likeness (QED) is 0.191. The van der Waals surface area contributed by atoms with Crippen molar-refractivity contribution in [1.29, 1.82) is 0 Å². The van der Waals surface area contributed by atoms with E-state index >= 15 is 0 Å². The Labute approximate surface area is 195 Å². The summed E-state index contributed by atoms with van der Waals surface area (Å²) in [5, 5.41) is 0. The summed E-state index contributed by atoms with van der Waals surface area (Å²) in [7, 11) is 3.67. The van der Waals surface area contributed by atoms with Crippen molar-refractivity contribution in [3.8, 4) is 0 Å². The summed E-state index contributed by atoms with van der Waals surface area (Å²) >= 11 is 0. The largest absolute Gasteiger partial charge is 0.355 e. The second kappa shape index (κ2) is 20.4. The van der Waals surface area contributed by atoms with Gasteiger partial charge >= 0.3 is 0 Å². The molecule has 0 atom stereocenters. The highest BCUT2D eigenvalue weighted by molar-refractivity contribution is 5.76. The van der Waals surface area contributed by atoms with Crippen LogP contribution in [0.25, 0.3) is 0 Å². The van der Waals surface area contributed by atoms with Gasteiger partial charge in [0.1, 0.15) is 13.6 Å². The molecule has 0 saturated heterocycles. The van der Waals surface area contributed by atoms with Crippen LogP contribution >= 0.6 is 0 Å². The van der Waals surface area contributed by atoms with Gasteiger partial charge in [0.2, 0.25) is 11.8 Å². The van der Waals surface area contributed by atoms with E-state index in [1.165, 1.54) is 0 Å². The minimum atomic E-state index is 0.165. The monoisotopic (exact) mass is 460 g/mol. The predicted molar refractivity (Wildman–Crippen MR) is 126 cm³/mol. The van der Waals surface area contributed by atoms with E-state index in [1.807, 2.05) is 41.8 Å². The molecule has 0 heterocycles. The van der Waals surface area contributed by atoms with Gasteiger partial charge in [0.15, 0.2) is 0 Å². The van der Waals surface area contributed by atoms with E-state index in [0.29, 0.717) is 52.7 Å². The first-order valence-electron chi connectivity index (χ1n) is 12.1. The van der Waals surface area contributed by atoms with Crippen molar-refractivity contribution in [2.75, 3.05) is 54.0 Å². The van der Waals surface area contributed by atoms with Gasteiger partial charge in [-0.3, -0.25) is 9.59 Å². The van der Waals surface area contributed by atoms with Crippen LogP contribution in [0.4, 0.5) is 0 Å². The molecule has 0 aliphatic rings. The van der Waals surface area contributed by atoms with Gasteiger partial charge in [0.05, 0.1) is 25.4 Å². The molecule has 0 rings (SSSR count). The molecule has 0 unspecified atom stereocenters. The van der Waals surface area contributed by atoms with Crippen molar-refractivity contribution in [2.45, 2.75) is 91.3 Å². The van der Waals surface area contributed by atoms with Crippen LogP contribution in [0.5, 0.6) is 0 Å². The molecular weight excluding hydrogens is 412 g/mol. The lowest BCUT2D eigenvalue weighted by Gasteiger charge is -2.18. The Morgan fingerprint density at radius 3 is 1.34 bits per heavy atom. The van der Waals surface area contributed by atoms with E-state index in [1.54, 1.807) is 9.80 Å². The average molecular weight is 461 g/mol. The van der Waals surface area contributed by atoms with Crippen LogP contribution in [0, 0.1) is 0 Å². The molecule has 0 bridgehead atoms. The lowest BCUT2D eigenvalue weighted by Crippen LogP contribution is -2.28. The number of ether oxygens (including phenoxy) is 4. The molecule has 0 aliphatic heterocycles. The highest BCUT2D eigenvalue weighted by Gasteiger charge is 2.10. The fourth-order valence-corrected chi connectivity index (χ4v) is 2.83. The maximum absolute atomic E-state index is 12.2. The first-order chi connectivity index (χ1) is 15.2. The van der Waals surface area contributed by atoms with Crippen LogP contribution in [0.1, 0.15) is 79.1 Å². The zero-order chi connectivity index (χ0) is 24.2. The molecule has 0 N–H and O–H groups in total. The van der Waals surface area contributed by atoms with Crippen LogP contribution in [0.3, 0.4) is 0 Å². The van der Waals surface area contributed by atoms with Crippen molar-refractivity contribution in [3.05, 3.63) is 0 Å². The molecule has 32 heavy (non-hydrogen) atoms. The second-order valence-electron chi connectivity index (χ2n) is 8.73. The predicted octanol–water partition coefficient (Wildman–Crippen LogP) is 3.82. The van der Waals surface area contributed by atoms with Gasteiger partial charge < -0.3 is 28.7 Å². The normalized spacial score (nSPS) is 11.4. The number of unbranched alkanes of at least 4 members (excludes halogenated alkanes) is 3. The van der Waals surface area contributed by atoms with Crippen LogP contribution < -0.4 is 0 Å². The Hall–Kier alpha value is -1.22. The topological polar surface area (TPSA) is 77.5 Å². The van der Waals surface area contributed by atoms with Gasteiger partial charge in [-0.05, 0) is 53.4 Å². The Kier molecular flexibility index (Phi) is 19.6. The molecule has 2 amide bonds. The van der Waals surface area contributed by atoms with E-state index in [2.05, 4.69) is 0 Å². The molecular formula is C24H48N2O6. The second-order valence-corrected chi connectivity index (χ2v) is 8.73. The number of carbonyl (C=O) groups excluding carboxylic acids is 2. The SMILES string of the molecule is CC(C)OCOCCCN(C)C(=O)CCCCCCC(=O)N(C)CCCOCOC(C)C. The average Bonchev–Trinajstić information content (AvgIpc) is 2.74. The third-order valence-electron chi connectivity index (χ3n) is 4.92. The van der Waals surface area contributed by atoms with E-state index in [9.17, 15) is 9.59 Å². The highest BCUT2D eigenvalue weighted by Crippen LogP contribution is 2.08. The summed E-state index contributed by atoms with van der Waals surface area (Å²) in [5.74, 6) is 0.334. The van der Waals surface area contributed by atoms with Crippen molar-refractivity contribution in [1.82, 2.24) is 9.80 Å². The number of amides is 2. The molecule has 0 fully saturated rings. The Morgan fingerprint density at radius 1 is 0.625 bits per heavy atom. The lowest BCUT2D eigenvalue weighted by molar-refractivity contribution is -0.131. The molecule has 0 aromatic rings. The van der Waals surface area contributed by atoms with Crippen LogP contribution in [0.15, 0.2) is 0 Å². The fourth-order valence-electron chi connectivity index (χ4n) is 2.83. The van der Waals surface area contributed by atoms with Crippen LogP contribution in [0.2, 0.25) is 0 Å². The zero-order valence-corrected chi connectivity index (χ0v) is 21.4. The highest BCUT2D eigenvalue weighted by atomic mass is 16.7. The maximum atomic E-state index is 12.2. The first kappa shape index (κ1) is 30.8.